The van der Waals surface area contributed by atoms with E-state index in [1.165, 1.54) is 26.4 Å². The Balaban J connectivity index is 1.85. The van der Waals surface area contributed by atoms with E-state index >= 15 is 0 Å². The highest BCUT2D eigenvalue weighted by Crippen LogP contribution is 2.35. The molecular weight excluding hydrogens is 408 g/mol. The minimum atomic E-state index is -1.20. The highest BCUT2D eigenvalue weighted by molar-refractivity contribution is 6.31. The van der Waals surface area contributed by atoms with Crippen molar-refractivity contribution in [2.24, 2.45) is 0 Å². The van der Waals surface area contributed by atoms with Gasteiger partial charge < -0.3 is 19.9 Å². The van der Waals surface area contributed by atoms with Gasteiger partial charge in [0.15, 0.2) is 11.5 Å². The normalized spacial score (nSPS) is 12.5. The molecule has 0 aliphatic heterocycles. The number of ether oxygens (including phenoxy) is 2. The van der Waals surface area contributed by atoms with Gasteiger partial charge in [-0.15, -0.1) is 0 Å². The molecule has 0 spiro atoms. The summed E-state index contributed by atoms with van der Waals surface area (Å²) < 4.78 is 10.4. The Bertz CT molecular complexity index is 1190. The van der Waals surface area contributed by atoms with Crippen LogP contribution in [0.4, 0.5) is 5.69 Å². The fraction of sp³-hybridized carbons (Fsp3) is 0.227. The maximum Gasteiger partial charge on any atom is 0.337 e. The number of aromatic carboxylic acids is 1. The number of carboxylic acids is 1. The average molecular weight is 427 g/mol. The van der Waals surface area contributed by atoms with Gasteiger partial charge in [0, 0.05) is 28.2 Å². The van der Waals surface area contributed by atoms with Crippen molar-refractivity contribution in [1.29, 1.82) is 0 Å². The fourth-order valence-electron chi connectivity index (χ4n) is 3.84. The number of hydrogen-bond acceptors (Lipinski definition) is 5. The summed E-state index contributed by atoms with van der Waals surface area (Å²) in [5.41, 5.74) is 2.93. The molecule has 2 N–H and O–H groups in total. The van der Waals surface area contributed by atoms with Crippen LogP contribution in [-0.2, 0) is 12.8 Å². The number of hydrogen-bond donors (Lipinski definition) is 2. The van der Waals surface area contributed by atoms with Gasteiger partial charge in [0.2, 0.25) is 0 Å². The molecule has 0 bridgehead atoms. The number of anilines is 1. The molecule has 3 aromatic rings. The van der Waals surface area contributed by atoms with Crippen LogP contribution in [0.25, 0.3) is 10.9 Å². The number of carbonyl (C=O) groups is 2. The molecule has 1 aliphatic carbocycles. The van der Waals surface area contributed by atoms with E-state index in [0.717, 1.165) is 30.5 Å². The van der Waals surface area contributed by atoms with Gasteiger partial charge in [-0.05, 0) is 43.0 Å². The van der Waals surface area contributed by atoms with Crippen molar-refractivity contribution < 1.29 is 24.2 Å². The van der Waals surface area contributed by atoms with Crippen LogP contribution in [0.3, 0.4) is 0 Å². The number of aryl methyl sites for hydroxylation is 1. The minimum absolute atomic E-state index is 0.103. The first-order chi connectivity index (χ1) is 14.4. The van der Waals surface area contributed by atoms with Gasteiger partial charge in [0.25, 0.3) is 5.91 Å². The summed E-state index contributed by atoms with van der Waals surface area (Å²) in [6.45, 7) is 0. The molecule has 0 saturated carbocycles. The lowest BCUT2D eigenvalue weighted by Crippen LogP contribution is -2.18. The van der Waals surface area contributed by atoms with E-state index < -0.39 is 11.9 Å². The van der Waals surface area contributed by atoms with Crippen molar-refractivity contribution in [3.63, 3.8) is 0 Å². The zero-order valence-electron chi connectivity index (χ0n) is 16.4. The van der Waals surface area contributed by atoms with E-state index in [0.29, 0.717) is 27.2 Å². The first-order valence-electron chi connectivity index (χ1n) is 9.34. The van der Waals surface area contributed by atoms with Crippen LogP contribution < -0.4 is 14.8 Å². The second-order valence-electron chi connectivity index (χ2n) is 6.94. The summed E-state index contributed by atoms with van der Waals surface area (Å²) in [5, 5.41) is 13.5. The molecule has 2 aromatic carbocycles. The van der Waals surface area contributed by atoms with Gasteiger partial charge in [-0.1, -0.05) is 11.6 Å². The lowest BCUT2D eigenvalue weighted by molar-refractivity contribution is 0.0697. The molecule has 0 unspecified atom stereocenters. The van der Waals surface area contributed by atoms with Crippen molar-refractivity contribution >= 4 is 40.1 Å². The molecule has 154 valence electrons. The van der Waals surface area contributed by atoms with E-state index in [4.69, 9.17) is 21.1 Å². The number of amides is 1. The van der Waals surface area contributed by atoms with E-state index in [2.05, 4.69) is 10.3 Å². The third-order valence-electron chi connectivity index (χ3n) is 5.20. The molecule has 1 aliphatic rings. The molecule has 0 saturated heterocycles. The summed E-state index contributed by atoms with van der Waals surface area (Å²) in [6.07, 6.45) is 2.43. The number of pyridine rings is 1. The maximum atomic E-state index is 13.4. The number of benzene rings is 2. The number of nitrogens with one attached hydrogen (secondary N) is 1. The lowest BCUT2D eigenvalue weighted by atomic mass is 10.00. The Morgan fingerprint density at radius 3 is 2.53 bits per heavy atom. The fourth-order valence-corrected chi connectivity index (χ4v) is 4.01. The van der Waals surface area contributed by atoms with Crippen LogP contribution in [-0.4, -0.2) is 36.2 Å². The minimum Gasteiger partial charge on any atom is -0.493 e. The Morgan fingerprint density at radius 1 is 1.10 bits per heavy atom. The van der Waals surface area contributed by atoms with Crippen LogP contribution in [0.15, 0.2) is 30.3 Å². The molecule has 1 heterocycles. The Morgan fingerprint density at radius 2 is 1.83 bits per heavy atom. The summed E-state index contributed by atoms with van der Waals surface area (Å²) in [4.78, 5) is 29.8. The Kier molecular flexibility index (Phi) is 5.22. The quantitative estimate of drug-likeness (QED) is 0.629. The van der Waals surface area contributed by atoms with Crippen LogP contribution in [0, 0.1) is 0 Å². The highest BCUT2D eigenvalue weighted by atomic mass is 35.5. The molecule has 30 heavy (non-hydrogen) atoms. The van der Waals surface area contributed by atoms with E-state index in [-0.39, 0.29) is 17.0 Å². The summed E-state index contributed by atoms with van der Waals surface area (Å²) in [7, 11) is 2.85. The predicted molar refractivity (Wildman–Crippen MR) is 113 cm³/mol. The van der Waals surface area contributed by atoms with Crippen molar-refractivity contribution in [3.8, 4) is 11.5 Å². The van der Waals surface area contributed by atoms with Crippen molar-refractivity contribution in [1.82, 2.24) is 4.98 Å². The average Bonchev–Trinajstić information content (AvgIpc) is 3.19. The predicted octanol–water partition coefficient (Wildman–Crippen LogP) is 4.34. The van der Waals surface area contributed by atoms with Gasteiger partial charge in [-0.2, -0.15) is 0 Å². The summed E-state index contributed by atoms with van der Waals surface area (Å²) >= 11 is 6.18. The third-order valence-corrected chi connectivity index (χ3v) is 5.44. The number of halogens is 1. The molecule has 7 nitrogen and oxygen atoms in total. The topological polar surface area (TPSA) is 97.8 Å². The number of fused-ring (bicyclic) bond motifs is 2. The van der Waals surface area contributed by atoms with Gasteiger partial charge in [0.1, 0.15) is 0 Å². The molecule has 1 amide bonds. The largest absolute Gasteiger partial charge is 0.493 e. The van der Waals surface area contributed by atoms with Crippen molar-refractivity contribution in [3.05, 3.63) is 57.7 Å². The molecule has 0 atom stereocenters. The van der Waals surface area contributed by atoms with Crippen molar-refractivity contribution in [2.75, 3.05) is 19.5 Å². The number of aromatic nitrogens is 1. The molecule has 4 rings (SSSR count). The van der Waals surface area contributed by atoms with E-state index in [9.17, 15) is 14.7 Å². The standard InChI is InChI=1S/C22H19ClN2O5/c1-29-18-9-14(22(27)28)17(10-19(18)30-2)25-21(26)20-12-4-3-5-15(12)24-16-7-6-11(23)8-13(16)20/h6-10H,3-5H2,1-2H3,(H,25,26)(H,27,28). The van der Waals surface area contributed by atoms with E-state index in [1.54, 1.807) is 18.2 Å². The summed E-state index contributed by atoms with van der Waals surface area (Å²) in [6, 6.07) is 7.99. The van der Waals surface area contributed by atoms with E-state index in [1.807, 2.05) is 0 Å². The van der Waals surface area contributed by atoms with Gasteiger partial charge >= 0.3 is 5.97 Å². The van der Waals surface area contributed by atoms with Crippen LogP contribution in [0.2, 0.25) is 5.02 Å². The third kappa shape index (κ3) is 3.41. The lowest BCUT2D eigenvalue weighted by Gasteiger charge is -2.16. The van der Waals surface area contributed by atoms with Crippen LogP contribution >= 0.6 is 11.6 Å². The van der Waals surface area contributed by atoms with Crippen LogP contribution in [0.5, 0.6) is 11.5 Å². The zero-order valence-corrected chi connectivity index (χ0v) is 17.2. The summed E-state index contributed by atoms with van der Waals surface area (Å²) in [5.74, 6) is -1.04. The number of methoxy groups -OCH3 is 2. The number of carbonyl (C=O) groups excluding carboxylic acids is 1. The zero-order chi connectivity index (χ0) is 21.4. The maximum absolute atomic E-state index is 13.4. The van der Waals surface area contributed by atoms with Gasteiger partial charge in [0.05, 0.1) is 36.6 Å². The Hall–Kier alpha value is -3.32. The second kappa shape index (κ2) is 7.84. The molecule has 0 fully saturated rings. The molecule has 1 aromatic heterocycles. The van der Waals surface area contributed by atoms with Gasteiger partial charge in [-0.3, -0.25) is 9.78 Å². The highest BCUT2D eigenvalue weighted by Gasteiger charge is 2.26. The number of nitrogens with zero attached hydrogens (tertiary/aromatic N) is 1. The number of rotatable bonds is 5. The first-order valence-corrected chi connectivity index (χ1v) is 9.72. The molecule has 0 radical (unpaired) electrons. The van der Waals surface area contributed by atoms with Crippen LogP contribution in [0.1, 0.15) is 38.4 Å². The first kappa shape index (κ1) is 20.0. The van der Waals surface area contributed by atoms with Gasteiger partial charge in [-0.25, -0.2) is 4.79 Å². The Labute approximate surface area is 177 Å². The SMILES string of the molecule is COc1cc(NC(=O)c2c3c(nc4ccc(Cl)cc24)CCC3)c(C(=O)O)cc1OC. The molecule has 8 heteroatoms. The monoisotopic (exact) mass is 426 g/mol. The second-order valence-corrected chi connectivity index (χ2v) is 7.38. The smallest absolute Gasteiger partial charge is 0.337 e. The number of carboxylic acid groups (broad SMARTS) is 1. The van der Waals surface area contributed by atoms with Crippen molar-refractivity contribution in [2.45, 2.75) is 19.3 Å². The molecular formula is C22H19ClN2O5.